The molecule has 0 aliphatic rings. The van der Waals surface area contributed by atoms with E-state index in [9.17, 15) is 0 Å². The van der Waals surface area contributed by atoms with Crippen LogP contribution in [-0.4, -0.2) is 25.5 Å². The second kappa shape index (κ2) is 8.32. The van der Waals surface area contributed by atoms with Gasteiger partial charge < -0.3 is 10.2 Å². The number of rotatable bonds is 7. The minimum absolute atomic E-state index is 0.374. The van der Waals surface area contributed by atoms with Crippen LogP contribution in [0.25, 0.3) is 0 Å². The summed E-state index contributed by atoms with van der Waals surface area (Å²) in [5.41, 5.74) is 2.69. The van der Waals surface area contributed by atoms with Gasteiger partial charge in [0.25, 0.3) is 0 Å². The lowest BCUT2D eigenvalue weighted by Crippen LogP contribution is -2.25. The Labute approximate surface area is 136 Å². The third-order valence-electron chi connectivity index (χ3n) is 3.72. The largest absolute Gasteiger partial charge is 0.313 e. The summed E-state index contributed by atoms with van der Waals surface area (Å²) >= 11 is 3.64. The van der Waals surface area contributed by atoms with Gasteiger partial charge in [0, 0.05) is 17.1 Å². The van der Waals surface area contributed by atoms with Crippen LogP contribution >= 0.6 is 15.9 Å². The maximum absolute atomic E-state index is 3.64. The Morgan fingerprint density at radius 2 is 1.71 bits per heavy atom. The van der Waals surface area contributed by atoms with E-state index in [2.05, 4.69) is 87.8 Å². The van der Waals surface area contributed by atoms with Gasteiger partial charge in [-0.3, -0.25) is 0 Å². The number of hydrogen-bond donors (Lipinski definition) is 1. The van der Waals surface area contributed by atoms with Crippen LogP contribution in [0.4, 0.5) is 0 Å². The number of hydrogen-bond acceptors (Lipinski definition) is 2. The lowest BCUT2D eigenvalue weighted by atomic mass is 10.0. The maximum atomic E-state index is 3.64. The molecule has 112 valence electrons. The van der Waals surface area contributed by atoms with Gasteiger partial charge in [-0.15, -0.1) is 0 Å². The highest BCUT2D eigenvalue weighted by Gasteiger charge is 2.13. The Bertz CT molecular complexity index is 542. The Morgan fingerprint density at radius 1 is 1.05 bits per heavy atom. The molecule has 2 aromatic carbocycles. The fraction of sp³-hybridized carbons (Fsp3) is 0.333. The highest BCUT2D eigenvalue weighted by atomic mass is 79.9. The third kappa shape index (κ3) is 4.95. The van der Waals surface area contributed by atoms with Crippen LogP contribution < -0.4 is 5.32 Å². The molecule has 21 heavy (non-hydrogen) atoms. The molecule has 0 radical (unpaired) electrons. The van der Waals surface area contributed by atoms with Crippen molar-refractivity contribution in [1.29, 1.82) is 0 Å². The van der Waals surface area contributed by atoms with Gasteiger partial charge in [-0.05, 0) is 44.3 Å². The summed E-state index contributed by atoms with van der Waals surface area (Å²) in [7, 11) is 4.21. The smallest absolute Gasteiger partial charge is 0.0340 e. The molecule has 0 aliphatic carbocycles. The molecule has 1 unspecified atom stereocenters. The second-order valence-corrected chi connectivity index (χ2v) is 6.23. The van der Waals surface area contributed by atoms with Crippen LogP contribution in [0, 0.1) is 0 Å². The van der Waals surface area contributed by atoms with Crippen molar-refractivity contribution in [1.82, 2.24) is 10.2 Å². The molecular weight excluding hydrogens is 324 g/mol. The SMILES string of the molecule is CNC(CCN(C)Cc1ccccc1)c1ccccc1Br. The molecule has 0 heterocycles. The molecule has 3 heteroatoms. The molecule has 0 spiro atoms. The van der Waals surface area contributed by atoms with E-state index in [1.165, 1.54) is 15.6 Å². The third-order valence-corrected chi connectivity index (χ3v) is 4.45. The predicted octanol–water partition coefficient (Wildman–Crippen LogP) is 4.23. The minimum Gasteiger partial charge on any atom is -0.313 e. The molecule has 2 aromatic rings. The fourth-order valence-electron chi connectivity index (χ4n) is 2.54. The summed E-state index contributed by atoms with van der Waals surface area (Å²) in [6.45, 7) is 2.05. The Hall–Kier alpha value is -1.16. The molecule has 0 fully saturated rings. The highest BCUT2D eigenvalue weighted by Crippen LogP contribution is 2.25. The number of benzene rings is 2. The molecule has 1 N–H and O–H groups in total. The van der Waals surface area contributed by atoms with Crippen molar-refractivity contribution in [2.24, 2.45) is 0 Å². The molecule has 0 aliphatic heterocycles. The van der Waals surface area contributed by atoms with Crippen molar-refractivity contribution in [3.8, 4) is 0 Å². The number of nitrogens with zero attached hydrogens (tertiary/aromatic N) is 1. The van der Waals surface area contributed by atoms with Crippen LogP contribution in [0.1, 0.15) is 23.6 Å². The van der Waals surface area contributed by atoms with Crippen LogP contribution in [0.5, 0.6) is 0 Å². The van der Waals surface area contributed by atoms with Crippen molar-refractivity contribution < 1.29 is 0 Å². The Morgan fingerprint density at radius 3 is 2.38 bits per heavy atom. The Kier molecular flexibility index (Phi) is 6.43. The molecule has 2 rings (SSSR count). The van der Waals surface area contributed by atoms with E-state index in [-0.39, 0.29) is 0 Å². The van der Waals surface area contributed by atoms with E-state index >= 15 is 0 Å². The first-order valence-corrected chi connectivity index (χ1v) is 8.14. The van der Waals surface area contributed by atoms with Gasteiger partial charge in [0.05, 0.1) is 0 Å². The molecule has 0 amide bonds. The van der Waals surface area contributed by atoms with Crippen LogP contribution in [-0.2, 0) is 6.54 Å². The summed E-state index contributed by atoms with van der Waals surface area (Å²) in [6.07, 6.45) is 1.09. The fourth-order valence-corrected chi connectivity index (χ4v) is 3.10. The Balaban J connectivity index is 1.90. The molecule has 0 aromatic heterocycles. The van der Waals surface area contributed by atoms with E-state index in [4.69, 9.17) is 0 Å². The first kappa shape index (κ1) is 16.2. The van der Waals surface area contributed by atoms with E-state index in [0.717, 1.165) is 19.5 Å². The lowest BCUT2D eigenvalue weighted by Gasteiger charge is -2.22. The molecule has 2 nitrogen and oxygen atoms in total. The highest BCUT2D eigenvalue weighted by molar-refractivity contribution is 9.10. The van der Waals surface area contributed by atoms with Gasteiger partial charge in [-0.1, -0.05) is 64.5 Å². The standard InChI is InChI=1S/C18H23BrN2/c1-20-18(16-10-6-7-11-17(16)19)12-13-21(2)14-15-8-4-3-5-9-15/h3-11,18,20H,12-14H2,1-2H3. The maximum Gasteiger partial charge on any atom is 0.0340 e. The van der Waals surface area contributed by atoms with E-state index < -0.39 is 0 Å². The normalized spacial score (nSPS) is 12.6. The monoisotopic (exact) mass is 346 g/mol. The van der Waals surface area contributed by atoms with Gasteiger partial charge in [-0.2, -0.15) is 0 Å². The van der Waals surface area contributed by atoms with Crippen molar-refractivity contribution in [3.05, 3.63) is 70.2 Å². The van der Waals surface area contributed by atoms with Crippen LogP contribution in [0.3, 0.4) is 0 Å². The molecule has 1 atom stereocenters. The number of halogens is 1. The van der Waals surface area contributed by atoms with Crippen LogP contribution in [0.2, 0.25) is 0 Å². The van der Waals surface area contributed by atoms with Gasteiger partial charge in [0.2, 0.25) is 0 Å². The summed E-state index contributed by atoms with van der Waals surface area (Å²) in [4.78, 5) is 2.37. The topological polar surface area (TPSA) is 15.3 Å². The van der Waals surface area contributed by atoms with Crippen molar-refractivity contribution in [3.63, 3.8) is 0 Å². The summed E-state index contributed by atoms with van der Waals surface area (Å²) < 4.78 is 1.18. The molecule has 0 bridgehead atoms. The zero-order valence-electron chi connectivity index (χ0n) is 12.7. The first-order valence-electron chi connectivity index (χ1n) is 7.35. The van der Waals surface area contributed by atoms with E-state index in [1.807, 2.05) is 7.05 Å². The molecular formula is C18H23BrN2. The quantitative estimate of drug-likeness (QED) is 0.806. The molecule has 0 saturated heterocycles. The average molecular weight is 347 g/mol. The first-order chi connectivity index (χ1) is 10.2. The molecule has 0 saturated carbocycles. The minimum atomic E-state index is 0.374. The van der Waals surface area contributed by atoms with Gasteiger partial charge in [0.15, 0.2) is 0 Å². The van der Waals surface area contributed by atoms with E-state index in [1.54, 1.807) is 0 Å². The van der Waals surface area contributed by atoms with Crippen molar-refractivity contribution >= 4 is 15.9 Å². The summed E-state index contributed by atoms with van der Waals surface area (Å²) in [5, 5.41) is 3.42. The van der Waals surface area contributed by atoms with Gasteiger partial charge in [-0.25, -0.2) is 0 Å². The van der Waals surface area contributed by atoms with Gasteiger partial charge >= 0.3 is 0 Å². The summed E-state index contributed by atoms with van der Waals surface area (Å²) in [6, 6.07) is 19.4. The predicted molar refractivity (Wildman–Crippen MR) is 93.3 cm³/mol. The van der Waals surface area contributed by atoms with Gasteiger partial charge in [0.1, 0.15) is 0 Å². The van der Waals surface area contributed by atoms with E-state index in [0.29, 0.717) is 6.04 Å². The van der Waals surface area contributed by atoms with Crippen molar-refractivity contribution in [2.75, 3.05) is 20.6 Å². The lowest BCUT2D eigenvalue weighted by molar-refractivity contribution is 0.304. The van der Waals surface area contributed by atoms with Crippen LogP contribution in [0.15, 0.2) is 59.1 Å². The number of nitrogens with one attached hydrogen (secondary N) is 1. The average Bonchev–Trinajstić information content (AvgIpc) is 2.50. The second-order valence-electron chi connectivity index (χ2n) is 5.37. The zero-order valence-corrected chi connectivity index (χ0v) is 14.3. The summed E-state index contributed by atoms with van der Waals surface area (Å²) in [5.74, 6) is 0. The van der Waals surface area contributed by atoms with Crippen molar-refractivity contribution in [2.45, 2.75) is 19.0 Å². The zero-order chi connectivity index (χ0) is 15.1.